The number of aliphatic hydroxyl groups excluding tert-OH is 1. The highest BCUT2D eigenvalue weighted by Crippen LogP contribution is 2.47. The Hall–Kier alpha value is -1.30. The molecule has 4 rings (SSSR count). The number of nitrogens with one attached hydrogen (secondary N) is 1. The lowest BCUT2D eigenvalue weighted by atomic mass is 9.81. The van der Waals surface area contributed by atoms with Crippen LogP contribution in [0, 0.1) is 11.8 Å². The first-order valence-electron chi connectivity index (χ1n) is 8.65. The minimum Gasteiger partial charge on any atom is -0.396 e. The fraction of sp³-hybridized carbons (Fsp3) is 0.556. The van der Waals surface area contributed by atoms with Gasteiger partial charge in [-0.05, 0) is 49.3 Å². The van der Waals surface area contributed by atoms with E-state index in [1.54, 1.807) is 12.1 Å². The van der Waals surface area contributed by atoms with Gasteiger partial charge in [0.15, 0.2) is 0 Å². The van der Waals surface area contributed by atoms with E-state index in [0.29, 0.717) is 35.2 Å². The van der Waals surface area contributed by atoms with Crippen LogP contribution in [0.2, 0.25) is 10.0 Å². The van der Waals surface area contributed by atoms with E-state index in [9.17, 15) is 14.7 Å². The molecule has 1 saturated carbocycles. The Morgan fingerprint density at radius 2 is 2.08 bits per heavy atom. The highest BCUT2D eigenvalue weighted by Gasteiger charge is 2.53. The van der Waals surface area contributed by atoms with E-state index in [1.807, 2.05) is 4.90 Å². The van der Waals surface area contributed by atoms with Crippen LogP contribution in [0.3, 0.4) is 0 Å². The number of hydrogen-bond donors (Lipinski definition) is 2. The molecule has 5 nitrogen and oxygen atoms in total. The number of carbonyl (C=O) groups excluding carboxylic acids is 2. The maximum absolute atomic E-state index is 12.9. The van der Waals surface area contributed by atoms with Crippen LogP contribution in [-0.2, 0) is 15.0 Å². The lowest BCUT2D eigenvalue weighted by Gasteiger charge is -2.24. The van der Waals surface area contributed by atoms with Gasteiger partial charge in [-0.3, -0.25) is 9.59 Å². The maximum atomic E-state index is 12.9. The van der Waals surface area contributed by atoms with Gasteiger partial charge in [-0.1, -0.05) is 23.2 Å². The van der Waals surface area contributed by atoms with Crippen LogP contribution in [0.5, 0.6) is 0 Å². The van der Waals surface area contributed by atoms with Crippen molar-refractivity contribution in [2.24, 2.45) is 11.8 Å². The van der Waals surface area contributed by atoms with Gasteiger partial charge < -0.3 is 15.3 Å². The fourth-order valence-corrected chi connectivity index (χ4v) is 4.86. The molecule has 0 unspecified atom stereocenters. The summed E-state index contributed by atoms with van der Waals surface area (Å²) in [6, 6.07) is 3.43. The van der Waals surface area contributed by atoms with Crippen molar-refractivity contribution in [2.75, 3.05) is 25.0 Å². The zero-order chi connectivity index (χ0) is 17.8. The first-order valence-corrected chi connectivity index (χ1v) is 9.41. The number of hydrogen-bond acceptors (Lipinski definition) is 3. The van der Waals surface area contributed by atoms with Crippen molar-refractivity contribution in [3.05, 3.63) is 27.7 Å². The molecule has 2 fully saturated rings. The summed E-state index contributed by atoms with van der Waals surface area (Å²) in [6.07, 6.45) is 3.04. The first kappa shape index (κ1) is 17.1. The molecular formula is C18H20Cl2N2O3. The summed E-state index contributed by atoms with van der Waals surface area (Å²) in [4.78, 5) is 27.4. The number of rotatable bonds is 2. The van der Waals surface area contributed by atoms with Gasteiger partial charge in [0.05, 0.1) is 15.5 Å². The standard InChI is InChI=1S/C18H20Cl2N2O3/c19-13-6-12-15(7-14(13)20)21-17(25)18(12)3-4-22(9-18)16(24)11-2-1-10(5-11)8-23/h6-7,10-11,23H,1-5,8-9H2,(H,21,25)/t10-,11-,18-/m1/s1. The highest BCUT2D eigenvalue weighted by atomic mass is 35.5. The molecule has 2 N–H and O–H groups in total. The van der Waals surface area contributed by atoms with Crippen molar-refractivity contribution in [1.82, 2.24) is 4.90 Å². The van der Waals surface area contributed by atoms with E-state index in [2.05, 4.69) is 5.32 Å². The lowest BCUT2D eigenvalue weighted by Crippen LogP contribution is -2.40. The summed E-state index contributed by atoms with van der Waals surface area (Å²) in [6.45, 7) is 1.08. The number of nitrogens with zero attached hydrogens (tertiary/aromatic N) is 1. The van der Waals surface area contributed by atoms with Gasteiger partial charge in [-0.15, -0.1) is 0 Å². The number of carbonyl (C=O) groups is 2. The quantitative estimate of drug-likeness (QED) is 0.825. The van der Waals surface area contributed by atoms with E-state index >= 15 is 0 Å². The molecule has 0 aromatic heterocycles. The van der Waals surface area contributed by atoms with Crippen molar-refractivity contribution in [3.8, 4) is 0 Å². The molecule has 134 valence electrons. The lowest BCUT2D eigenvalue weighted by molar-refractivity contribution is -0.134. The van der Waals surface area contributed by atoms with Crippen LogP contribution in [0.15, 0.2) is 12.1 Å². The Bertz CT molecular complexity index is 754. The number of likely N-dealkylation sites (tertiary alicyclic amines) is 1. The molecule has 2 heterocycles. The van der Waals surface area contributed by atoms with Gasteiger partial charge in [0.1, 0.15) is 0 Å². The van der Waals surface area contributed by atoms with Crippen molar-refractivity contribution in [3.63, 3.8) is 0 Å². The summed E-state index contributed by atoms with van der Waals surface area (Å²) < 4.78 is 0. The molecule has 3 atom stereocenters. The number of fused-ring (bicyclic) bond motifs is 2. The van der Waals surface area contributed by atoms with Crippen molar-refractivity contribution < 1.29 is 14.7 Å². The zero-order valence-corrected chi connectivity index (χ0v) is 15.2. The number of benzene rings is 1. The summed E-state index contributed by atoms with van der Waals surface area (Å²) in [5, 5.41) is 13.0. The zero-order valence-electron chi connectivity index (χ0n) is 13.7. The normalized spacial score (nSPS) is 30.8. The van der Waals surface area contributed by atoms with Gasteiger partial charge >= 0.3 is 0 Å². The average molecular weight is 383 g/mol. The summed E-state index contributed by atoms with van der Waals surface area (Å²) in [5.41, 5.74) is 0.797. The third kappa shape index (κ3) is 2.64. The number of amides is 2. The van der Waals surface area contributed by atoms with E-state index in [0.717, 1.165) is 24.8 Å². The second-order valence-electron chi connectivity index (χ2n) is 7.42. The van der Waals surface area contributed by atoms with Crippen LogP contribution in [0.25, 0.3) is 0 Å². The van der Waals surface area contributed by atoms with Gasteiger partial charge in [-0.2, -0.15) is 0 Å². The summed E-state index contributed by atoms with van der Waals surface area (Å²) in [7, 11) is 0. The topological polar surface area (TPSA) is 69.6 Å². The van der Waals surface area contributed by atoms with Crippen LogP contribution in [-0.4, -0.2) is 41.5 Å². The largest absolute Gasteiger partial charge is 0.396 e. The SMILES string of the molecule is O=C([C@@H]1CC[C@@H](CO)C1)N1CC[C@]2(C1)C(=O)Nc1cc(Cl)c(Cl)cc12. The molecular weight excluding hydrogens is 363 g/mol. The summed E-state index contributed by atoms with van der Waals surface area (Å²) >= 11 is 12.2. The number of halogens is 2. The predicted molar refractivity (Wildman–Crippen MR) is 95.9 cm³/mol. The second-order valence-corrected chi connectivity index (χ2v) is 8.23. The van der Waals surface area contributed by atoms with Crippen molar-refractivity contribution in [1.29, 1.82) is 0 Å². The Labute approximate surface area is 156 Å². The molecule has 1 aromatic rings. The van der Waals surface area contributed by atoms with Gasteiger partial charge in [0.25, 0.3) is 0 Å². The van der Waals surface area contributed by atoms with Gasteiger partial charge in [0, 0.05) is 31.3 Å². The monoisotopic (exact) mass is 382 g/mol. The molecule has 25 heavy (non-hydrogen) atoms. The Balaban J connectivity index is 1.57. The van der Waals surface area contributed by atoms with E-state index < -0.39 is 5.41 Å². The Morgan fingerprint density at radius 1 is 1.32 bits per heavy atom. The molecule has 1 saturated heterocycles. The third-order valence-corrected chi connectivity index (χ3v) is 6.71. The molecule has 7 heteroatoms. The molecule has 3 aliphatic rings. The third-order valence-electron chi connectivity index (χ3n) is 5.99. The summed E-state index contributed by atoms with van der Waals surface area (Å²) in [5.74, 6) is 0.205. The second kappa shape index (κ2) is 6.15. The van der Waals surface area contributed by atoms with Crippen LogP contribution in [0.4, 0.5) is 5.69 Å². The van der Waals surface area contributed by atoms with E-state index in [1.165, 1.54) is 0 Å². The minimum absolute atomic E-state index is 0.0370. The minimum atomic E-state index is -0.728. The first-order chi connectivity index (χ1) is 11.9. The van der Waals surface area contributed by atoms with E-state index in [-0.39, 0.29) is 30.3 Å². The van der Waals surface area contributed by atoms with Crippen molar-refractivity contribution in [2.45, 2.75) is 31.1 Å². The Morgan fingerprint density at radius 3 is 2.80 bits per heavy atom. The average Bonchev–Trinajstić information content (AvgIpc) is 3.29. The van der Waals surface area contributed by atoms with Crippen LogP contribution >= 0.6 is 23.2 Å². The van der Waals surface area contributed by atoms with Crippen LogP contribution in [0.1, 0.15) is 31.2 Å². The number of anilines is 1. The van der Waals surface area contributed by atoms with Crippen molar-refractivity contribution >= 4 is 40.7 Å². The molecule has 1 spiro atoms. The van der Waals surface area contributed by atoms with Crippen LogP contribution < -0.4 is 5.32 Å². The molecule has 1 aromatic carbocycles. The molecule has 1 aliphatic carbocycles. The predicted octanol–water partition coefficient (Wildman–Crippen LogP) is 2.82. The van der Waals surface area contributed by atoms with Gasteiger partial charge in [0.2, 0.25) is 11.8 Å². The molecule has 2 amide bonds. The fourth-order valence-electron chi connectivity index (χ4n) is 4.54. The molecule has 2 aliphatic heterocycles. The number of aliphatic hydroxyl groups is 1. The molecule has 0 radical (unpaired) electrons. The Kier molecular flexibility index (Phi) is 4.21. The molecule has 0 bridgehead atoms. The smallest absolute Gasteiger partial charge is 0.237 e. The van der Waals surface area contributed by atoms with Gasteiger partial charge in [-0.25, -0.2) is 0 Å². The maximum Gasteiger partial charge on any atom is 0.237 e. The van der Waals surface area contributed by atoms with E-state index in [4.69, 9.17) is 23.2 Å². The highest BCUT2D eigenvalue weighted by molar-refractivity contribution is 6.42.